The Labute approximate surface area is 118 Å². The van der Waals surface area contributed by atoms with Gasteiger partial charge in [-0.05, 0) is 37.4 Å². The molecule has 0 aromatic carbocycles. The van der Waals surface area contributed by atoms with E-state index in [1.165, 1.54) is 12.8 Å². The molecule has 0 saturated carbocycles. The molecule has 0 amide bonds. The van der Waals surface area contributed by atoms with Crippen molar-refractivity contribution < 1.29 is 0 Å². The van der Waals surface area contributed by atoms with Crippen LogP contribution in [0.2, 0.25) is 10.2 Å². The second-order valence-electron chi connectivity index (χ2n) is 4.96. The van der Waals surface area contributed by atoms with E-state index in [4.69, 9.17) is 28.9 Å². The number of pyridine rings is 1. The van der Waals surface area contributed by atoms with Gasteiger partial charge in [-0.3, -0.25) is 4.90 Å². The molecular weight excluding hydrogens is 269 g/mol. The molecule has 2 N–H and O–H groups in total. The van der Waals surface area contributed by atoms with Gasteiger partial charge in [-0.1, -0.05) is 30.1 Å². The van der Waals surface area contributed by atoms with Crippen molar-refractivity contribution >= 4 is 23.2 Å². The van der Waals surface area contributed by atoms with E-state index in [1.54, 1.807) is 12.1 Å². The van der Waals surface area contributed by atoms with Crippen LogP contribution in [0.15, 0.2) is 12.1 Å². The maximum Gasteiger partial charge on any atom is 0.129 e. The van der Waals surface area contributed by atoms with Crippen LogP contribution in [-0.2, 0) is 6.54 Å². The molecule has 18 heavy (non-hydrogen) atoms. The van der Waals surface area contributed by atoms with Crippen LogP contribution in [0.4, 0.5) is 0 Å². The van der Waals surface area contributed by atoms with Gasteiger partial charge in [-0.2, -0.15) is 0 Å². The van der Waals surface area contributed by atoms with Gasteiger partial charge in [-0.25, -0.2) is 4.98 Å². The predicted molar refractivity (Wildman–Crippen MR) is 75.9 cm³/mol. The van der Waals surface area contributed by atoms with Gasteiger partial charge >= 0.3 is 0 Å². The summed E-state index contributed by atoms with van der Waals surface area (Å²) in [6.45, 7) is 4.72. The second kappa shape index (κ2) is 6.20. The number of aromatic nitrogens is 1. The quantitative estimate of drug-likeness (QED) is 0.869. The lowest BCUT2D eigenvalue weighted by atomic mass is 9.90. The summed E-state index contributed by atoms with van der Waals surface area (Å²) in [6, 6.07) is 3.93. The van der Waals surface area contributed by atoms with Crippen molar-refractivity contribution in [3.8, 4) is 0 Å². The van der Waals surface area contributed by atoms with Crippen molar-refractivity contribution in [3.05, 3.63) is 28.0 Å². The van der Waals surface area contributed by atoms with Crippen molar-refractivity contribution in [2.24, 2.45) is 11.7 Å². The van der Waals surface area contributed by atoms with Crippen LogP contribution in [0.25, 0.3) is 0 Å². The third-order valence-electron chi connectivity index (χ3n) is 3.71. The minimum Gasteiger partial charge on any atom is -0.329 e. The Balaban J connectivity index is 2.14. The summed E-state index contributed by atoms with van der Waals surface area (Å²) in [5.74, 6) is 0.627. The van der Waals surface area contributed by atoms with Gasteiger partial charge in [-0.15, -0.1) is 0 Å². The first-order valence-corrected chi connectivity index (χ1v) is 7.12. The lowest BCUT2D eigenvalue weighted by molar-refractivity contribution is 0.0978. The summed E-state index contributed by atoms with van der Waals surface area (Å²) >= 11 is 12.1. The van der Waals surface area contributed by atoms with Gasteiger partial charge in [0.1, 0.15) is 5.15 Å². The summed E-state index contributed by atoms with van der Waals surface area (Å²) in [7, 11) is 0. The fraction of sp³-hybridized carbons (Fsp3) is 0.615. The fourth-order valence-electron chi connectivity index (χ4n) is 2.67. The summed E-state index contributed by atoms with van der Waals surface area (Å²) in [4.78, 5) is 6.69. The fourth-order valence-corrected chi connectivity index (χ4v) is 3.00. The average Bonchev–Trinajstić information content (AvgIpc) is 2.34. The largest absolute Gasteiger partial charge is 0.329 e. The van der Waals surface area contributed by atoms with E-state index < -0.39 is 0 Å². The molecule has 2 heterocycles. The molecule has 1 aliphatic heterocycles. The van der Waals surface area contributed by atoms with Crippen molar-refractivity contribution in [3.63, 3.8) is 0 Å². The smallest absolute Gasteiger partial charge is 0.129 e. The highest BCUT2D eigenvalue weighted by Crippen LogP contribution is 2.26. The Morgan fingerprint density at radius 1 is 1.44 bits per heavy atom. The topological polar surface area (TPSA) is 42.2 Å². The van der Waals surface area contributed by atoms with Gasteiger partial charge in [0.05, 0.1) is 10.7 Å². The molecule has 0 aliphatic carbocycles. The van der Waals surface area contributed by atoms with E-state index in [1.807, 2.05) is 0 Å². The monoisotopic (exact) mass is 287 g/mol. The molecule has 1 aromatic rings. The lowest BCUT2D eigenvalue weighted by Gasteiger charge is -2.39. The van der Waals surface area contributed by atoms with Crippen molar-refractivity contribution in [1.29, 1.82) is 0 Å². The number of nitrogens with zero attached hydrogens (tertiary/aromatic N) is 2. The van der Waals surface area contributed by atoms with E-state index in [-0.39, 0.29) is 0 Å². The number of hydrogen-bond donors (Lipinski definition) is 1. The van der Waals surface area contributed by atoms with Crippen LogP contribution in [0.1, 0.15) is 25.5 Å². The van der Waals surface area contributed by atoms with Gasteiger partial charge in [0.25, 0.3) is 0 Å². The van der Waals surface area contributed by atoms with Gasteiger partial charge in [0.15, 0.2) is 0 Å². The molecule has 3 nitrogen and oxygen atoms in total. The van der Waals surface area contributed by atoms with E-state index >= 15 is 0 Å². The molecule has 1 aliphatic rings. The van der Waals surface area contributed by atoms with Gasteiger partial charge < -0.3 is 5.73 Å². The highest BCUT2D eigenvalue weighted by molar-refractivity contribution is 6.32. The van der Waals surface area contributed by atoms with E-state index in [0.29, 0.717) is 28.7 Å². The summed E-state index contributed by atoms with van der Waals surface area (Å²) in [6.07, 6.45) is 2.45. The van der Waals surface area contributed by atoms with Crippen LogP contribution in [0, 0.1) is 5.92 Å². The van der Waals surface area contributed by atoms with Crippen molar-refractivity contribution in [2.75, 3.05) is 13.1 Å². The molecule has 0 radical (unpaired) electrons. The first kappa shape index (κ1) is 14.1. The van der Waals surface area contributed by atoms with Crippen LogP contribution in [-0.4, -0.2) is 29.0 Å². The minimum absolute atomic E-state index is 0.413. The summed E-state index contributed by atoms with van der Waals surface area (Å²) in [5.41, 5.74) is 6.73. The van der Waals surface area contributed by atoms with E-state index in [0.717, 1.165) is 18.8 Å². The number of halogens is 2. The second-order valence-corrected chi connectivity index (χ2v) is 5.75. The van der Waals surface area contributed by atoms with Gasteiger partial charge in [0, 0.05) is 19.1 Å². The summed E-state index contributed by atoms with van der Waals surface area (Å²) in [5, 5.41) is 1.16. The molecule has 0 spiro atoms. The van der Waals surface area contributed by atoms with Gasteiger partial charge in [0.2, 0.25) is 0 Å². The molecule has 5 heteroatoms. The maximum atomic E-state index is 6.16. The molecule has 1 fully saturated rings. The SMILES string of the molecule is CC1CCCN(Cc2nc(Cl)ccc2Cl)C1CN. The Bertz CT molecular complexity index is 411. The van der Waals surface area contributed by atoms with Crippen LogP contribution in [0.3, 0.4) is 0 Å². The molecule has 1 saturated heterocycles. The van der Waals surface area contributed by atoms with Crippen molar-refractivity contribution in [1.82, 2.24) is 9.88 Å². The van der Waals surface area contributed by atoms with Crippen LogP contribution >= 0.6 is 23.2 Å². The summed E-state index contributed by atoms with van der Waals surface area (Å²) < 4.78 is 0. The van der Waals surface area contributed by atoms with E-state index in [2.05, 4.69) is 16.8 Å². The first-order valence-electron chi connectivity index (χ1n) is 6.37. The zero-order valence-corrected chi connectivity index (χ0v) is 12.1. The number of piperidine rings is 1. The Morgan fingerprint density at radius 3 is 2.94 bits per heavy atom. The molecule has 2 rings (SSSR count). The molecular formula is C13H19Cl2N3. The highest BCUT2D eigenvalue weighted by atomic mass is 35.5. The standard InChI is InChI=1S/C13H19Cl2N3/c1-9-3-2-6-18(12(9)7-16)8-11-10(14)4-5-13(15)17-11/h4-5,9,12H,2-3,6-8,16H2,1H3. The molecule has 2 unspecified atom stereocenters. The minimum atomic E-state index is 0.413. The van der Waals surface area contributed by atoms with Crippen molar-refractivity contribution in [2.45, 2.75) is 32.4 Å². The van der Waals surface area contributed by atoms with Crippen LogP contribution < -0.4 is 5.73 Å². The Kier molecular flexibility index (Phi) is 4.84. The normalized spacial score (nSPS) is 25.3. The Morgan fingerprint density at radius 2 is 2.22 bits per heavy atom. The number of hydrogen-bond acceptors (Lipinski definition) is 3. The maximum absolute atomic E-state index is 6.16. The molecule has 1 aromatic heterocycles. The highest BCUT2D eigenvalue weighted by Gasteiger charge is 2.27. The number of nitrogens with two attached hydrogens (primary N) is 1. The number of likely N-dealkylation sites (tertiary alicyclic amines) is 1. The average molecular weight is 288 g/mol. The lowest BCUT2D eigenvalue weighted by Crippen LogP contribution is -2.48. The molecule has 0 bridgehead atoms. The number of rotatable bonds is 3. The first-order chi connectivity index (χ1) is 8.61. The predicted octanol–water partition coefficient (Wildman–Crippen LogP) is 2.95. The molecule has 2 atom stereocenters. The zero-order chi connectivity index (χ0) is 13.1. The third-order valence-corrected chi connectivity index (χ3v) is 4.26. The molecule has 100 valence electrons. The van der Waals surface area contributed by atoms with E-state index in [9.17, 15) is 0 Å². The van der Waals surface area contributed by atoms with Crippen LogP contribution in [0.5, 0.6) is 0 Å². The third kappa shape index (κ3) is 3.15. The zero-order valence-electron chi connectivity index (χ0n) is 10.6. The Hall–Kier alpha value is -0.350.